The molecule has 6 heteroatoms. The molecule has 1 aromatic rings. The van der Waals surface area contributed by atoms with Crippen molar-refractivity contribution in [3.63, 3.8) is 0 Å². The first kappa shape index (κ1) is 20.6. The Balaban J connectivity index is 2.09. The number of hydrogen-bond donors (Lipinski definition) is 1. The molecule has 1 aliphatic rings. The molecule has 2 atom stereocenters. The molecule has 1 aliphatic heterocycles. The number of hydrogen-bond acceptors (Lipinski definition) is 4. The summed E-state index contributed by atoms with van der Waals surface area (Å²) in [6.07, 6.45) is 4.21. The van der Waals surface area contributed by atoms with E-state index in [1.807, 2.05) is 24.3 Å². The maximum Gasteiger partial charge on any atom is 0.329 e. The van der Waals surface area contributed by atoms with E-state index in [9.17, 15) is 9.59 Å². The maximum atomic E-state index is 12.9. The molecule has 1 aromatic carbocycles. The predicted octanol–water partition coefficient (Wildman–Crippen LogP) is 4.84. The molecule has 0 radical (unpaired) electrons. The van der Waals surface area contributed by atoms with Gasteiger partial charge < -0.3 is 10.1 Å². The van der Waals surface area contributed by atoms with Gasteiger partial charge in [0.05, 0.1) is 12.5 Å². The lowest BCUT2D eigenvalue weighted by atomic mass is 10.0. The zero-order chi connectivity index (χ0) is 19.1. The number of carbonyl (C=O) groups excluding carboxylic acids is 2. The van der Waals surface area contributed by atoms with E-state index in [2.05, 4.69) is 26.1 Å². The Kier molecular flexibility index (Phi) is 7.82. The Morgan fingerprint density at radius 1 is 1.27 bits per heavy atom. The highest BCUT2D eigenvalue weighted by Gasteiger charge is 2.42. The van der Waals surface area contributed by atoms with Gasteiger partial charge in [0.1, 0.15) is 6.04 Å². The van der Waals surface area contributed by atoms with Crippen LogP contribution in [-0.4, -0.2) is 41.2 Å². The summed E-state index contributed by atoms with van der Waals surface area (Å²) < 4.78 is 4.91. The zero-order valence-electron chi connectivity index (χ0n) is 16.2. The minimum absolute atomic E-state index is 0.0144. The van der Waals surface area contributed by atoms with Crippen LogP contribution in [-0.2, 0) is 9.53 Å². The first-order chi connectivity index (χ1) is 12.5. The summed E-state index contributed by atoms with van der Waals surface area (Å²) in [6.45, 7) is 6.43. The molecule has 1 N–H and O–H groups in total. The van der Waals surface area contributed by atoms with Gasteiger partial charge in [-0.3, -0.25) is 4.90 Å². The van der Waals surface area contributed by atoms with E-state index in [1.54, 1.807) is 16.7 Å². The van der Waals surface area contributed by atoms with Crippen LogP contribution in [0.25, 0.3) is 0 Å². The van der Waals surface area contributed by atoms with Crippen LogP contribution in [0.1, 0.15) is 57.9 Å². The minimum atomic E-state index is -0.522. The smallest absolute Gasteiger partial charge is 0.329 e. The molecule has 0 spiro atoms. The number of benzene rings is 1. The van der Waals surface area contributed by atoms with Gasteiger partial charge in [-0.1, -0.05) is 52.2 Å². The Morgan fingerprint density at radius 2 is 1.96 bits per heavy atom. The molecule has 2 amide bonds. The fraction of sp³-hybridized carbons (Fsp3) is 0.600. The molecule has 0 bridgehead atoms. The third-order valence-electron chi connectivity index (χ3n) is 4.68. The number of urea groups is 1. The molecule has 1 heterocycles. The molecule has 2 rings (SSSR count). The first-order valence-electron chi connectivity index (χ1n) is 9.36. The van der Waals surface area contributed by atoms with Gasteiger partial charge >= 0.3 is 12.0 Å². The summed E-state index contributed by atoms with van der Waals surface area (Å²) in [6, 6.07) is 7.12. The Labute approximate surface area is 160 Å². The molecule has 5 nitrogen and oxygen atoms in total. The number of anilines is 1. The van der Waals surface area contributed by atoms with Crippen LogP contribution in [0, 0.1) is 0 Å². The van der Waals surface area contributed by atoms with Gasteiger partial charge in [-0.2, -0.15) is 0 Å². The number of ether oxygens (including phenoxy) is 1. The second-order valence-corrected chi connectivity index (χ2v) is 8.15. The maximum absolute atomic E-state index is 12.9. The van der Waals surface area contributed by atoms with E-state index >= 15 is 0 Å². The highest BCUT2D eigenvalue weighted by atomic mass is 32.2. The number of esters is 1. The SMILES string of the molecule is CCCCCC1SCC(C(=O)OC)N1C(=O)Nc1ccc(C(C)C)cc1. The molecule has 0 aliphatic carbocycles. The van der Waals surface area contributed by atoms with Crippen LogP contribution in [0.4, 0.5) is 10.5 Å². The van der Waals surface area contributed by atoms with Gasteiger partial charge in [-0.15, -0.1) is 11.8 Å². The number of nitrogens with zero attached hydrogens (tertiary/aromatic N) is 1. The van der Waals surface area contributed by atoms with Crippen molar-refractivity contribution in [2.75, 3.05) is 18.2 Å². The second-order valence-electron chi connectivity index (χ2n) is 6.94. The van der Waals surface area contributed by atoms with Crippen LogP contribution in [0.3, 0.4) is 0 Å². The summed E-state index contributed by atoms with van der Waals surface area (Å²) in [5.41, 5.74) is 1.97. The van der Waals surface area contributed by atoms with E-state index in [-0.39, 0.29) is 17.4 Å². The van der Waals surface area contributed by atoms with Crippen LogP contribution >= 0.6 is 11.8 Å². The summed E-state index contributed by atoms with van der Waals surface area (Å²) in [4.78, 5) is 26.7. The molecule has 0 saturated carbocycles. The number of nitrogens with one attached hydrogen (secondary N) is 1. The van der Waals surface area contributed by atoms with Crippen molar-refractivity contribution < 1.29 is 14.3 Å². The standard InChI is InChI=1S/C20H30N2O3S/c1-5-6-7-8-18-22(17(13-26-18)19(23)25-4)20(24)21-16-11-9-15(10-12-16)14(2)3/h9-12,14,17-18H,5-8,13H2,1-4H3,(H,21,24). The fourth-order valence-corrected chi connectivity index (χ4v) is 4.52. The quantitative estimate of drug-likeness (QED) is 0.545. The van der Waals surface area contributed by atoms with E-state index in [0.717, 1.165) is 31.4 Å². The lowest BCUT2D eigenvalue weighted by Gasteiger charge is -2.28. The van der Waals surface area contributed by atoms with Crippen molar-refractivity contribution in [3.8, 4) is 0 Å². The number of amides is 2. The van der Waals surface area contributed by atoms with E-state index in [0.29, 0.717) is 11.7 Å². The summed E-state index contributed by atoms with van der Waals surface area (Å²) in [5, 5.41) is 2.96. The van der Waals surface area contributed by atoms with Crippen molar-refractivity contribution in [1.82, 2.24) is 4.90 Å². The molecule has 1 saturated heterocycles. The lowest BCUT2D eigenvalue weighted by Crippen LogP contribution is -2.48. The van der Waals surface area contributed by atoms with Gasteiger partial charge in [0.2, 0.25) is 0 Å². The monoisotopic (exact) mass is 378 g/mol. The number of rotatable bonds is 7. The summed E-state index contributed by atoms with van der Waals surface area (Å²) in [5.74, 6) is 0.686. The summed E-state index contributed by atoms with van der Waals surface area (Å²) >= 11 is 1.66. The average Bonchev–Trinajstić information content (AvgIpc) is 3.05. The molecule has 0 aromatic heterocycles. The summed E-state index contributed by atoms with van der Waals surface area (Å²) in [7, 11) is 1.37. The van der Waals surface area contributed by atoms with Gasteiger partial charge in [-0.05, 0) is 30.0 Å². The van der Waals surface area contributed by atoms with Gasteiger partial charge in [0, 0.05) is 11.4 Å². The molecule has 144 valence electrons. The van der Waals surface area contributed by atoms with Crippen LogP contribution in [0.15, 0.2) is 24.3 Å². The fourth-order valence-electron chi connectivity index (χ4n) is 3.08. The van der Waals surface area contributed by atoms with Crippen LogP contribution < -0.4 is 5.32 Å². The van der Waals surface area contributed by atoms with Gasteiger partial charge in [-0.25, -0.2) is 9.59 Å². The van der Waals surface area contributed by atoms with Crippen molar-refractivity contribution in [2.45, 2.75) is 63.8 Å². The van der Waals surface area contributed by atoms with Crippen molar-refractivity contribution >= 4 is 29.4 Å². The van der Waals surface area contributed by atoms with E-state index in [1.165, 1.54) is 12.7 Å². The third kappa shape index (κ3) is 5.16. The molecular formula is C20H30N2O3S. The van der Waals surface area contributed by atoms with Crippen LogP contribution in [0.5, 0.6) is 0 Å². The Bertz CT molecular complexity index is 604. The van der Waals surface area contributed by atoms with Crippen molar-refractivity contribution in [2.24, 2.45) is 0 Å². The Morgan fingerprint density at radius 3 is 2.54 bits per heavy atom. The number of carbonyl (C=O) groups is 2. The lowest BCUT2D eigenvalue weighted by molar-refractivity contribution is -0.144. The first-order valence-corrected chi connectivity index (χ1v) is 10.4. The molecule has 1 fully saturated rings. The number of unbranched alkanes of at least 4 members (excludes halogenated alkanes) is 2. The molecular weight excluding hydrogens is 348 g/mol. The second kappa shape index (κ2) is 9.86. The average molecular weight is 379 g/mol. The topological polar surface area (TPSA) is 58.6 Å². The van der Waals surface area contributed by atoms with E-state index in [4.69, 9.17) is 4.74 Å². The van der Waals surface area contributed by atoms with Crippen LogP contribution in [0.2, 0.25) is 0 Å². The van der Waals surface area contributed by atoms with Crippen molar-refractivity contribution in [3.05, 3.63) is 29.8 Å². The normalized spacial score (nSPS) is 19.7. The highest BCUT2D eigenvalue weighted by Crippen LogP contribution is 2.34. The molecule has 2 unspecified atom stereocenters. The minimum Gasteiger partial charge on any atom is -0.467 e. The number of thioether (sulfide) groups is 1. The molecule has 26 heavy (non-hydrogen) atoms. The predicted molar refractivity (Wildman–Crippen MR) is 108 cm³/mol. The largest absolute Gasteiger partial charge is 0.467 e. The van der Waals surface area contributed by atoms with Gasteiger partial charge in [0.15, 0.2) is 0 Å². The highest BCUT2D eigenvalue weighted by molar-refractivity contribution is 8.00. The van der Waals surface area contributed by atoms with E-state index < -0.39 is 6.04 Å². The third-order valence-corrected chi connectivity index (χ3v) is 6.04. The zero-order valence-corrected chi connectivity index (χ0v) is 17.0. The van der Waals surface area contributed by atoms with Gasteiger partial charge in [0.25, 0.3) is 0 Å². The Hall–Kier alpha value is -1.69. The van der Waals surface area contributed by atoms with Crippen molar-refractivity contribution in [1.29, 1.82) is 0 Å². The number of methoxy groups -OCH3 is 1.